The minimum Gasteiger partial charge on any atom is -0.481 e. The fourth-order valence-corrected chi connectivity index (χ4v) is 2.04. The molecule has 1 aromatic carbocycles. The Bertz CT molecular complexity index is 628. The second-order valence-corrected chi connectivity index (χ2v) is 5.03. The summed E-state index contributed by atoms with van der Waals surface area (Å²) in [6, 6.07) is 9.67. The fourth-order valence-electron chi connectivity index (χ4n) is 2.04. The van der Waals surface area contributed by atoms with Gasteiger partial charge in [-0.05, 0) is 32.0 Å². The van der Waals surface area contributed by atoms with Gasteiger partial charge in [-0.3, -0.25) is 4.79 Å². The van der Waals surface area contributed by atoms with E-state index in [1.165, 1.54) is 0 Å². The lowest BCUT2D eigenvalue weighted by molar-refractivity contribution is -0.132. The van der Waals surface area contributed by atoms with Crippen molar-refractivity contribution in [2.75, 3.05) is 26.7 Å². The van der Waals surface area contributed by atoms with Gasteiger partial charge in [0.2, 0.25) is 0 Å². The Hall–Kier alpha value is -2.14. The fraction of sp³-hybridized carbons (Fsp3) is 0.375. The molecule has 0 saturated carbocycles. The third kappa shape index (κ3) is 3.92. The van der Waals surface area contributed by atoms with E-state index in [1.807, 2.05) is 37.3 Å². The quantitative estimate of drug-likeness (QED) is 0.878. The number of likely N-dealkylation sites (N-methyl/N-ethyl adjacent to an activating group) is 1. The van der Waals surface area contributed by atoms with E-state index >= 15 is 0 Å². The van der Waals surface area contributed by atoms with Crippen LogP contribution in [0.3, 0.4) is 0 Å². The Balaban J connectivity index is 2.06. The number of aromatic nitrogens is 1. The SMILES string of the molecule is Cc1ccc2cccc(OCC(=O)N(C)CCCN)c2n1. The molecule has 2 aromatic rings. The Morgan fingerprint density at radius 1 is 1.33 bits per heavy atom. The van der Waals surface area contributed by atoms with E-state index in [9.17, 15) is 4.79 Å². The third-order valence-corrected chi connectivity index (χ3v) is 3.30. The zero-order valence-corrected chi connectivity index (χ0v) is 12.5. The molecular weight excluding hydrogens is 266 g/mol. The minimum atomic E-state index is -0.0619. The summed E-state index contributed by atoms with van der Waals surface area (Å²) >= 11 is 0. The average molecular weight is 287 g/mol. The van der Waals surface area contributed by atoms with Gasteiger partial charge in [-0.15, -0.1) is 0 Å². The van der Waals surface area contributed by atoms with Crippen LogP contribution in [0.2, 0.25) is 0 Å². The molecular formula is C16H21N3O2. The molecule has 1 heterocycles. The number of para-hydroxylation sites is 1. The maximum absolute atomic E-state index is 12.0. The number of benzene rings is 1. The van der Waals surface area contributed by atoms with Crippen molar-refractivity contribution in [3.05, 3.63) is 36.0 Å². The number of pyridine rings is 1. The van der Waals surface area contributed by atoms with Crippen molar-refractivity contribution in [1.82, 2.24) is 9.88 Å². The monoisotopic (exact) mass is 287 g/mol. The highest BCUT2D eigenvalue weighted by molar-refractivity contribution is 5.85. The summed E-state index contributed by atoms with van der Waals surface area (Å²) < 4.78 is 5.65. The minimum absolute atomic E-state index is 0.00973. The van der Waals surface area contributed by atoms with E-state index in [0.717, 1.165) is 23.0 Å². The van der Waals surface area contributed by atoms with Gasteiger partial charge in [0, 0.05) is 24.7 Å². The highest BCUT2D eigenvalue weighted by atomic mass is 16.5. The number of carbonyl (C=O) groups is 1. The summed E-state index contributed by atoms with van der Waals surface area (Å²) in [5.41, 5.74) is 7.15. The molecule has 2 rings (SSSR count). The molecule has 0 unspecified atom stereocenters. The van der Waals surface area contributed by atoms with Crippen LogP contribution in [-0.4, -0.2) is 42.5 Å². The second-order valence-electron chi connectivity index (χ2n) is 5.03. The largest absolute Gasteiger partial charge is 0.481 e. The van der Waals surface area contributed by atoms with Gasteiger partial charge in [0.1, 0.15) is 11.3 Å². The molecule has 5 nitrogen and oxygen atoms in total. The van der Waals surface area contributed by atoms with Gasteiger partial charge in [-0.25, -0.2) is 4.98 Å². The zero-order valence-electron chi connectivity index (χ0n) is 12.5. The Morgan fingerprint density at radius 3 is 2.90 bits per heavy atom. The number of nitrogens with zero attached hydrogens (tertiary/aromatic N) is 2. The number of fused-ring (bicyclic) bond motifs is 1. The van der Waals surface area contributed by atoms with Crippen molar-refractivity contribution in [2.45, 2.75) is 13.3 Å². The van der Waals surface area contributed by atoms with Gasteiger partial charge in [0.15, 0.2) is 6.61 Å². The molecule has 0 aliphatic rings. The highest BCUT2D eigenvalue weighted by Crippen LogP contribution is 2.23. The van der Waals surface area contributed by atoms with Crippen LogP contribution in [0.1, 0.15) is 12.1 Å². The van der Waals surface area contributed by atoms with Gasteiger partial charge >= 0.3 is 0 Å². The van der Waals surface area contributed by atoms with Crippen LogP contribution < -0.4 is 10.5 Å². The van der Waals surface area contributed by atoms with Crippen molar-refractivity contribution in [2.24, 2.45) is 5.73 Å². The average Bonchev–Trinajstić information content (AvgIpc) is 2.50. The number of hydrogen-bond acceptors (Lipinski definition) is 4. The molecule has 5 heteroatoms. The first-order chi connectivity index (χ1) is 10.1. The van der Waals surface area contributed by atoms with E-state index in [-0.39, 0.29) is 12.5 Å². The molecule has 0 radical (unpaired) electrons. The molecule has 1 amide bonds. The van der Waals surface area contributed by atoms with Crippen LogP contribution in [0.4, 0.5) is 0 Å². The van der Waals surface area contributed by atoms with Gasteiger partial charge in [-0.2, -0.15) is 0 Å². The Morgan fingerprint density at radius 2 is 2.14 bits per heavy atom. The first-order valence-electron chi connectivity index (χ1n) is 7.05. The maximum Gasteiger partial charge on any atom is 0.260 e. The van der Waals surface area contributed by atoms with E-state index in [0.29, 0.717) is 18.8 Å². The van der Waals surface area contributed by atoms with Crippen LogP contribution in [0.25, 0.3) is 10.9 Å². The van der Waals surface area contributed by atoms with Crippen LogP contribution in [0.15, 0.2) is 30.3 Å². The Kier molecular flexibility index (Phi) is 5.11. The smallest absolute Gasteiger partial charge is 0.260 e. The van der Waals surface area contributed by atoms with Gasteiger partial charge in [0.05, 0.1) is 0 Å². The van der Waals surface area contributed by atoms with Crippen LogP contribution in [0.5, 0.6) is 5.75 Å². The van der Waals surface area contributed by atoms with Crippen molar-refractivity contribution >= 4 is 16.8 Å². The maximum atomic E-state index is 12.0. The molecule has 21 heavy (non-hydrogen) atoms. The van der Waals surface area contributed by atoms with Crippen molar-refractivity contribution < 1.29 is 9.53 Å². The molecule has 0 bridgehead atoms. The number of ether oxygens (including phenoxy) is 1. The number of rotatable bonds is 6. The summed E-state index contributed by atoms with van der Waals surface area (Å²) in [5.74, 6) is 0.574. The summed E-state index contributed by atoms with van der Waals surface area (Å²) in [7, 11) is 1.76. The lowest BCUT2D eigenvalue weighted by atomic mass is 10.2. The number of hydrogen-bond donors (Lipinski definition) is 1. The van der Waals surface area contributed by atoms with E-state index < -0.39 is 0 Å². The molecule has 0 atom stereocenters. The van der Waals surface area contributed by atoms with E-state index in [2.05, 4.69) is 4.98 Å². The molecule has 0 aliphatic heterocycles. The molecule has 0 spiro atoms. The van der Waals surface area contributed by atoms with Crippen LogP contribution in [0, 0.1) is 6.92 Å². The summed E-state index contributed by atoms with van der Waals surface area (Å²) in [6.45, 7) is 3.16. The van der Waals surface area contributed by atoms with Gasteiger partial charge in [0.25, 0.3) is 5.91 Å². The van der Waals surface area contributed by atoms with E-state index in [1.54, 1.807) is 11.9 Å². The van der Waals surface area contributed by atoms with Gasteiger partial charge < -0.3 is 15.4 Å². The molecule has 0 saturated heterocycles. The third-order valence-electron chi connectivity index (χ3n) is 3.30. The summed E-state index contributed by atoms with van der Waals surface area (Å²) in [5, 5.41) is 1.00. The topological polar surface area (TPSA) is 68.5 Å². The summed E-state index contributed by atoms with van der Waals surface area (Å²) in [6.07, 6.45) is 0.789. The van der Waals surface area contributed by atoms with Crippen molar-refractivity contribution in [1.29, 1.82) is 0 Å². The number of nitrogens with two attached hydrogens (primary N) is 1. The second kappa shape index (κ2) is 7.04. The molecule has 2 N–H and O–H groups in total. The number of amides is 1. The summed E-state index contributed by atoms with van der Waals surface area (Å²) in [4.78, 5) is 18.1. The lowest BCUT2D eigenvalue weighted by Crippen LogP contribution is -2.33. The highest BCUT2D eigenvalue weighted by Gasteiger charge is 2.10. The molecule has 0 aliphatic carbocycles. The van der Waals surface area contributed by atoms with Crippen molar-refractivity contribution in [3.63, 3.8) is 0 Å². The lowest BCUT2D eigenvalue weighted by Gasteiger charge is -2.17. The molecule has 1 aromatic heterocycles. The molecule has 112 valence electrons. The normalized spacial score (nSPS) is 10.6. The number of aryl methyl sites for hydroxylation is 1. The zero-order chi connectivity index (χ0) is 15.2. The first kappa shape index (κ1) is 15.3. The van der Waals surface area contributed by atoms with Crippen molar-refractivity contribution in [3.8, 4) is 5.75 Å². The van der Waals surface area contributed by atoms with E-state index in [4.69, 9.17) is 10.5 Å². The predicted octanol–water partition coefficient (Wildman–Crippen LogP) is 1.73. The van der Waals surface area contributed by atoms with Crippen LogP contribution >= 0.6 is 0 Å². The molecule has 0 fully saturated rings. The predicted molar refractivity (Wildman–Crippen MR) is 83.3 cm³/mol. The standard InChI is InChI=1S/C16H21N3O2/c1-12-7-8-13-5-3-6-14(16(13)18-12)21-11-15(20)19(2)10-4-9-17/h3,5-8H,4,9-11,17H2,1-2H3. The van der Waals surface area contributed by atoms with Crippen LogP contribution in [-0.2, 0) is 4.79 Å². The Labute approximate surface area is 124 Å². The first-order valence-corrected chi connectivity index (χ1v) is 7.05. The van der Waals surface area contributed by atoms with Gasteiger partial charge in [-0.1, -0.05) is 18.2 Å². The number of carbonyl (C=O) groups excluding carboxylic acids is 1.